The summed E-state index contributed by atoms with van der Waals surface area (Å²) in [5.74, 6) is -0.389. The molecule has 2 fully saturated rings. The first-order valence-corrected chi connectivity index (χ1v) is 14.3. The molecule has 2 aromatic carbocycles. The van der Waals surface area contributed by atoms with Gasteiger partial charge in [0.2, 0.25) is 5.91 Å². The number of nitrogens with one attached hydrogen (secondary N) is 1. The molecule has 2 heterocycles. The Kier molecular flexibility index (Phi) is 9.35. The predicted molar refractivity (Wildman–Crippen MR) is 155 cm³/mol. The van der Waals surface area contributed by atoms with Crippen LogP contribution in [0.4, 0.5) is 9.59 Å². The molecular formula is C31H43N5O4. The summed E-state index contributed by atoms with van der Waals surface area (Å²) in [4.78, 5) is 44.3. The Labute approximate surface area is 237 Å². The van der Waals surface area contributed by atoms with Gasteiger partial charge in [0.25, 0.3) is 0 Å². The highest BCUT2D eigenvalue weighted by molar-refractivity contribution is 5.91. The summed E-state index contributed by atoms with van der Waals surface area (Å²) in [5.41, 5.74) is 6.51. The third-order valence-electron chi connectivity index (χ3n) is 7.97. The van der Waals surface area contributed by atoms with Gasteiger partial charge < -0.3 is 25.6 Å². The summed E-state index contributed by atoms with van der Waals surface area (Å²) in [6.45, 7) is 10.7. The van der Waals surface area contributed by atoms with Crippen molar-refractivity contribution in [2.45, 2.75) is 44.6 Å². The number of rotatable bonds is 7. The third-order valence-corrected chi connectivity index (χ3v) is 7.97. The van der Waals surface area contributed by atoms with Crippen molar-refractivity contribution in [2.75, 3.05) is 52.4 Å². The first-order chi connectivity index (χ1) is 19.1. The second kappa shape index (κ2) is 12.7. The number of hydrogen-bond donors (Lipinski definition) is 2. The van der Waals surface area contributed by atoms with E-state index in [-0.39, 0.29) is 23.9 Å². The second-order valence-corrected chi connectivity index (χ2v) is 11.7. The Morgan fingerprint density at radius 2 is 1.35 bits per heavy atom. The van der Waals surface area contributed by atoms with E-state index in [0.717, 1.165) is 30.8 Å². The molecule has 0 atom stereocenters. The largest absolute Gasteiger partial charge is 0.444 e. The number of primary amides is 1. The molecule has 0 aromatic heterocycles. The maximum atomic E-state index is 13.2. The van der Waals surface area contributed by atoms with E-state index in [2.05, 4.69) is 10.2 Å². The molecule has 40 heavy (non-hydrogen) atoms. The molecule has 2 aliphatic heterocycles. The molecular weight excluding hydrogens is 506 g/mol. The van der Waals surface area contributed by atoms with E-state index in [1.165, 1.54) is 0 Å². The Morgan fingerprint density at radius 3 is 1.82 bits per heavy atom. The molecule has 2 aromatic rings. The summed E-state index contributed by atoms with van der Waals surface area (Å²) in [5, 5.41) is 3.05. The minimum absolute atomic E-state index is 0.0277. The number of ether oxygens (including phenoxy) is 1. The van der Waals surface area contributed by atoms with Gasteiger partial charge in [-0.1, -0.05) is 60.7 Å². The van der Waals surface area contributed by atoms with Gasteiger partial charge in [0, 0.05) is 52.4 Å². The molecule has 216 valence electrons. The summed E-state index contributed by atoms with van der Waals surface area (Å²) >= 11 is 0. The predicted octanol–water partition coefficient (Wildman–Crippen LogP) is 3.43. The van der Waals surface area contributed by atoms with Crippen LogP contribution in [0.2, 0.25) is 0 Å². The molecule has 4 rings (SSSR count). The van der Waals surface area contributed by atoms with E-state index in [1.54, 1.807) is 4.90 Å². The van der Waals surface area contributed by atoms with E-state index < -0.39 is 11.0 Å². The van der Waals surface area contributed by atoms with Crippen LogP contribution in [0.15, 0.2) is 60.7 Å². The molecule has 0 aliphatic carbocycles. The van der Waals surface area contributed by atoms with Crippen molar-refractivity contribution in [1.82, 2.24) is 20.0 Å². The Bertz CT molecular complexity index is 1100. The van der Waals surface area contributed by atoms with Crippen LogP contribution in [0, 0.1) is 5.92 Å². The number of piperazine rings is 1. The summed E-state index contributed by atoms with van der Waals surface area (Å²) in [7, 11) is 0. The van der Waals surface area contributed by atoms with Crippen molar-refractivity contribution < 1.29 is 19.1 Å². The van der Waals surface area contributed by atoms with E-state index >= 15 is 0 Å². The van der Waals surface area contributed by atoms with Gasteiger partial charge >= 0.3 is 12.1 Å². The second-order valence-electron chi connectivity index (χ2n) is 11.7. The minimum Gasteiger partial charge on any atom is -0.444 e. The fourth-order valence-corrected chi connectivity index (χ4v) is 5.95. The number of piperidine rings is 1. The van der Waals surface area contributed by atoms with Gasteiger partial charge in [-0.25, -0.2) is 9.59 Å². The van der Waals surface area contributed by atoms with Crippen LogP contribution < -0.4 is 11.1 Å². The van der Waals surface area contributed by atoms with Gasteiger partial charge in [-0.2, -0.15) is 0 Å². The van der Waals surface area contributed by atoms with Crippen LogP contribution in [-0.2, 0) is 14.9 Å². The zero-order valence-corrected chi connectivity index (χ0v) is 24.0. The van der Waals surface area contributed by atoms with E-state index in [1.807, 2.05) is 86.3 Å². The van der Waals surface area contributed by atoms with Gasteiger partial charge in [-0.3, -0.25) is 9.69 Å². The normalized spacial score (nSPS) is 17.4. The lowest BCUT2D eigenvalue weighted by Crippen LogP contribution is -2.54. The van der Waals surface area contributed by atoms with Crippen LogP contribution in [0.5, 0.6) is 0 Å². The number of nitrogens with two attached hydrogens (primary N) is 1. The number of hydrogen-bond acceptors (Lipinski definition) is 5. The fourth-order valence-electron chi connectivity index (χ4n) is 5.95. The van der Waals surface area contributed by atoms with Gasteiger partial charge in [-0.05, 0) is 50.7 Å². The van der Waals surface area contributed by atoms with E-state index in [0.29, 0.717) is 45.6 Å². The summed E-state index contributed by atoms with van der Waals surface area (Å²) in [6.07, 6.45) is 1.07. The lowest BCUT2D eigenvalue weighted by atomic mass is 9.62. The first-order valence-electron chi connectivity index (χ1n) is 14.3. The summed E-state index contributed by atoms with van der Waals surface area (Å²) in [6, 6.07) is 19.5. The van der Waals surface area contributed by atoms with Crippen LogP contribution in [0.3, 0.4) is 0 Å². The van der Waals surface area contributed by atoms with Crippen molar-refractivity contribution in [2.24, 2.45) is 11.7 Å². The fraction of sp³-hybridized carbons (Fsp3) is 0.516. The minimum atomic E-state index is -0.952. The van der Waals surface area contributed by atoms with Crippen molar-refractivity contribution in [3.63, 3.8) is 0 Å². The lowest BCUT2D eigenvalue weighted by Gasteiger charge is -2.43. The molecule has 0 unspecified atom stereocenters. The van der Waals surface area contributed by atoms with Crippen LogP contribution in [-0.4, -0.2) is 90.7 Å². The van der Waals surface area contributed by atoms with Crippen LogP contribution in [0.1, 0.15) is 44.7 Å². The molecule has 3 N–H and O–H groups in total. The maximum Gasteiger partial charge on any atom is 0.410 e. The standard InChI is InChI=1S/C31H43N5O4/c1-30(2,3)40-29(39)36-22-20-34(21-23-36)19-16-33-28(38)35-17-14-26(15-18-35)31(27(32)37,24-10-6-4-7-11-24)25-12-8-5-9-13-25/h4-13,26H,14-23H2,1-3H3,(H2,32,37)(H,33,38). The quantitative estimate of drug-likeness (QED) is 0.550. The van der Waals surface area contributed by atoms with Crippen molar-refractivity contribution >= 4 is 18.0 Å². The average molecular weight is 550 g/mol. The highest BCUT2D eigenvalue weighted by Gasteiger charge is 2.48. The van der Waals surface area contributed by atoms with E-state index in [9.17, 15) is 14.4 Å². The number of carbonyl (C=O) groups is 3. The number of likely N-dealkylation sites (tertiary alicyclic amines) is 1. The highest BCUT2D eigenvalue weighted by atomic mass is 16.6. The molecule has 9 nitrogen and oxygen atoms in total. The van der Waals surface area contributed by atoms with Gasteiger partial charge in [0.15, 0.2) is 0 Å². The molecule has 0 spiro atoms. The number of amides is 4. The first kappa shape index (κ1) is 29.4. The zero-order valence-electron chi connectivity index (χ0n) is 24.0. The van der Waals surface area contributed by atoms with Crippen LogP contribution in [0.25, 0.3) is 0 Å². The number of benzene rings is 2. The van der Waals surface area contributed by atoms with Crippen LogP contribution >= 0.6 is 0 Å². The van der Waals surface area contributed by atoms with E-state index in [4.69, 9.17) is 10.5 Å². The smallest absolute Gasteiger partial charge is 0.410 e. The SMILES string of the molecule is CC(C)(C)OC(=O)N1CCN(CCNC(=O)N2CCC(C(C(N)=O)(c3ccccc3)c3ccccc3)CC2)CC1. The van der Waals surface area contributed by atoms with Gasteiger partial charge in [0.05, 0.1) is 0 Å². The van der Waals surface area contributed by atoms with Gasteiger partial charge in [-0.15, -0.1) is 0 Å². The molecule has 9 heteroatoms. The third kappa shape index (κ3) is 6.75. The summed E-state index contributed by atoms with van der Waals surface area (Å²) < 4.78 is 5.46. The molecule has 0 bridgehead atoms. The average Bonchev–Trinajstić information content (AvgIpc) is 2.94. The molecule has 2 aliphatic rings. The number of nitrogens with zero attached hydrogens (tertiary/aromatic N) is 3. The zero-order chi connectivity index (χ0) is 28.8. The lowest BCUT2D eigenvalue weighted by molar-refractivity contribution is -0.124. The molecule has 0 saturated carbocycles. The highest BCUT2D eigenvalue weighted by Crippen LogP contribution is 2.44. The Balaban J connectivity index is 1.29. The maximum absolute atomic E-state index is 13.2. The number of carbonyl (C=O) groups excluding carboxylic acids is 3. The van der Waals surface area contributed by atoms with Crippen molar-refractivity contribution in [3.05, 3.63) is 71.8 Å². The Hall–Kier alpha value is -3.59. The molecule has 4 amide bonds. The monoisotopic (exact) mass is 549 g/mol. The molecule has 2 saturated heterocycles. The Morgan fingerprint density at radius 1 is 0.825 bits per heavy atom. The molecule has 0 radical (unpaired) electrons. The number of urea groups is 1. The van der Waals surface area contributed by atoms with Crippen molar-refractivity contribution in [3.8, 4) is 0 Å². The topological polar surface area (TPSA) is 108 Å². The van der Waals surface area contributed by atoms with Crippen molar-refractivity contribution in [1.29, 1.82) is 0 Å². The van der Waals surface area contributed by atoms with Gasteiger partial charge in [0.1, 0.15) is 11.0 Å².